The fraction of sp³-hybridized carbons (Fsp3) is 0.500. The van der Waals surface area contributed by atoms with Crippen molar-refractivity contribution < 1.29 is 8.42 Å². The standard InChI is InChI=1S/C12H16BrNO2S/c1-17(15,16)14-12(9-3-2-4-9)10-5-7-11(13)8-6-10/h5-9,12,14H,2-4H2,1H3/t12-/m0/s1. The van der Waals surface area contributed by atoms with Crippen molar-refractivity contribution in [1.82, 2.24) is 4.72 Å². The summed E-state index contributed by atoms with van der Waals surface area (Å²) in [5.41, 5.74) is 1.04. The molecule has 0 aromatic heterocycles. The molecule has 1 aliphatic rings. The second-order valence-electron chi connectivity index (χ2n) is 4.61. The molecule has 0 unspecified atom stereocenters. The third kappa shape index (κ3) is 3.53. The molecule has 1 aromatic rings. The summed E-state index contributed by atoms with van der Waals surface area (Å²) < 4.78 is 26.6. The molecule has 1 N–H and O–H groups in total. The lowest BCUT2D eigenvalue weighted by Crippen LogP contribution is -2.35. The molecule has 1 aliphatic carbocycles. The maximum absolute atomic E-state index is 11.4. The number of sulfonamides is 1. The van der Waals surface area contributed by atoms with Crippen LogP contribution >= 0.6 is 15.9 Å². The topological polar surface area (TPSA) is 46.2 Å². The summed E-state index contributed by atoms with van der Waals surface area (Å²) in [7, 11) is -3.16. The molecule has 2 rings (SSSR count). The van der Waals surface area contributed by atoms with Crippen LogP contribution < -0.4 is 4.72 Å². The van der Waals surface area contributed by atoms with Gasteiger partial charge in [0.2, 0.25) is 10.0 Å². The Kier molecular flexibility index (Phi) is 3.90. The second kappa shape index (κ2) is 5.08. The van der Waals surface area contributed by atoms with Crippen molar-refractivity contribution in [2.75, 3.05) is 6.26 Å². The molecule has 0 spiro atoms. The molecular weight excluding hydrogens is 302 g/mol. The van der Waals surface area contributed by atoms with Crippen LogP contribution in [0.4, 0.5) is 0 Å². The largest absolute Gasteiger partial charge is 0.213 e. The molecule has 0 radical (unpaired) electrons. The fourth-order valence-corrected chi connectivity index (χ4v) is 3.16. The first-order valence-corrected chi connectivity index (χ1v) is 8.37. The van der Waals surface area contributed by atoms with Gasteiger partial charge in [-0.15, -0.1) is 0 Å². The van der Waals surface area contributed by atoms with Crippen LogP contribution in [0.15, 0.2) is 28.7 Å². The summed E-state index contributed by atoms with van der Waals surface area (Å²) in [6.07, 6.45) is 4.62. The Morgan fingerprint density at radius 3 is 2.29 bits per heavy atom. The first-order valence-electron chi connectivity index (χ1n) is 5.68. The zero-order valence-corrected chi connectivity index (χ0v) is 12.1. The summed E-state index contributed by atoms with van der Waals surface area (Å²) in [6.45, 7) is 0. The molecule has 0 saturated heterocycles. The summed E-state index contributed by atoms with van der Waals surface area (Å²) in [5.74, 6) is 0.436. The van der Waals surface area contributed by atoms with Crippen molar-refractivity contribution in [2.24, 2.45) is 5.92 Å². The van der Waals surface area contributed by atoms with E-state index < -0.39 is 10.0 Å². The van der Waals surface area contributed by atoms with Gasteiger partial charge in [-0.25, -0.2) is 13.1 Å². The molecule has 0 aliphatic heterocycles. The number of nitrogens with one attached hydrogen (secondary N) is 1. The van der Waals surface area contributed by atoms with Gasteiger partial charge >= 0.3 is 0 Å². The molecule has 1 fully saturated rings. The number of hydrogen-bond acceptors (Lipinski definition) is 2. The van der Waals surface area contributed by atoms with Gasteiger partial charge in [0, 0.05) is 10.5 Å². The average Bonchev–Trinajstić information content (AvgIpc) is 2.13. The number of hydrogen-bond donors (Lipinski definition) is 1. The Hall–Kier alpha value is -0.390. The van der Waals surface area contributed by atoms with Crippen LogP contribution in [0.5, 0.6) is 0 Å². The minimum absolute atomic E-state index is 0.0770. The number of benzene rings is 1. The van der Waals surface area contributed by atoms with Gasteiger partial charge in [0.15, 0.2) is 0 Å². The van der Waals surface area contributed by atoms with E-state index >= 15 is 0 Å². The van der Waals surface area contributed by atoms with Crippen LogP contribution in [0.2, 0.25) is 0 Å². The van der Waals surface area contributed by atoms with Gasteiger partial charge < -0.3 is 0 Å². The third-order valence-corrected chi connectivity index (χ3v) is 4.40. The lowest BCUT2D eigenvalue weighted by molar-refractivity contribution is 0.251. The molecule has 1 atom stereocenters. The highest BCUT2D eigenvalue weighted by Crippen LogP contribution is 2.38. The molecule has 17 heavy (non-hydrogen) atoms. The Morgan fingerprint density at radius 2 is 1.88 bits per heavy atom. The van der Waals surface area contributed by atoms with Gasteiger partial charge in [-0.1, -0.05) is 34.5 Å². The smallest absolute Gasteiger partial charge is 0.209 e. The van der Waals surface area contributed by atoms with E-state index in [4.69, 9.17) is 0 Å². The summed E-state index contributed by atoms with van der Waals surface area (Å²) >= 11 is 3.39. The molecule has 94 valence electrons. The Balaban J connectivity index is 2.23. The minimum Gasteiger partial charge on any atom is -0.213 e. The summed E-state index contributed by atoms with van der Waals surface area (Å²) in [4.78, 5) is 0. The maximum Gasteiger partial charge on any atom is 0.209 e. The molecule has 0 amide bonds. The molecule has 3 nitrogen and oxygen atoms in total. The van der Waals surface area contributed by atoms with Gasteiger partial charge in [-0.2, -0.15) is 0 Å². The molecule has 1 saturated carbocycles. The van der Waals surface area contributed by atoms with E-state index in [1.54, 1.807) is 0 Å². The van der Waals surface area contributed by atoms with Crippen LogP contribution in [-0.4, -0.2) is 14.7 Å². The first kappa shape index (κ1) is 13.1. The van der Waals surface area contributed by atoms with Crippen molar-refractivity contribution in [3.63, 3.8) is 0 Å². The van der Waals surface area contributed by atoms with Gasteiger partial charge in [0.25, 0.3) is 0 Å². The molecule has 0 heterocycles. The minimum atomic E-state index is -3.16. The lowest BCUT2D eigenvalue weighted by atomic mass is 9.77. The van der Waals surface area contributed by atoms with E-state index in [1.165, 1.54) is 12.7 Å². The van der Waals surface area contributed by atoms with E-state index in [-0.39, 0.29) is 6.04 Å². The highest BCUT2D eigenvalue weighted by atomic mass is 79.9. The van der Waals surface area contributed by atoms with E-state index in [0.29, 0.717) is 5.92 Å². The highest BCUT2D eigenvalue weighted by Gasteiger charge is 2.30. The summed E-state index contributed by atoms with van der Waals surface area (Å²) in [5, 5.41) is 0. The SMILES string of the molecule is CS(=O)(=O)N[C@H](c1ccc(Br)cc1)C1CCC1. The van der Waals surface area contributed by atoms with Gasteiger partial charge in [0.05, 0.1) is 6.26 Å². The summed E-state index contributed by atoms with van der Waals surface area (Å²) in [6, 6.07) is 7.78. The number of halogens is 1. The maximum atomic E-state index is 11.4. The predicted octanol–water partition coefficient (Wildman–Crippen LogP) is 2.84. The van der Waals surface area contributed by atoms with Crippen LogP contribution in [0.3, 0.4) is 0 Å². The van der Waals surface area contributed by atoms with Crippen LogP contribution in [0, 0.1) is 5.92 Å². The van der Waals surface area contributed by atoms with Crippen molar-refractivity contribution in [1.29, 1.82) is 0 Å². The van der Waals surface area contributed by atoms with Gasteiger partial charge in [-0.3, -0.25) is 0 Å². The third-order valence-electron chi connectivity index (χ3n) is 3.19. The van der Waals surface area contributed by atoms with E-state index in [0.717, 1.165) is 22.9 Å². The molecular formula is C12H16BrNO2S. The van der Waals surface area contributed by atoms with E-state index in [2.05, 4.69) is 20.7 Å². The molecule has 0 bridgehead atoms. The lowest BCUT2D eigenvalue weighted by Gasteiger charge is -2.34. The quantitative estimate of drug-likeness (QED) is 0.928. The van der Waals surface area contributed by atoms with Crippen molar-refractivity contribution in [3.05, 3.63) is 34.3 Å². The average molecular weight is 318 g/mol. The van der Waals surface area contributed by atoms with Crippen molar-refractivity contribution in [2.45, 2.75) is 25.3 Å². The molecule has 1 aromatic carbocycles. The first-order chi connectivity index (χ1) is 7.96. The second-order valence-corrected chi connectivity index (χ2v) is 7.31. The Morgan fingerprint density at radius 1 is 1.29 bits per heavy atom. The van der Waals surface area contributed by atoms with Crippen LogP contribution in [0.1, 0.15) is 30.9 Å². The Labute approximate surface area is 111 Å². The van der Waals surface area contributed by atoms with Crippen molar-refractivity contribution >= 4 is 26.0 Å². The van der Waals surface area contributed by atoms with E-state index in [1.807, 2.05) is 24.3 Å². The molecule has 5 heteroatoms. The monoisotopic (exact) mass is 317 g/mol. The van der Waals surface area contributed by atoms with Crippen LogP contribution in [-0.2, 0) is 10.0 Å². The van der Waals surface area contributed by atoms with Gasteiger partial charge in [0.1, 0.15) is 0 Å². The predicted molar refractivity (Wildman–Crippen MR) is 72.2 cm³/mol. The normalized spacial score (nSPS) is 18.7. The van der Waals surface area contributed by atoms with Gasteiger partial charge in [-0.05, 0) is 36.5 Å². The fourth-order valence-electron chi connectivity index (χ4n) is 2.11. The van der Waals surface area contributed by atoms with E-state index in [9.17, 15) is 8.42 Å². The highest BCUT2D eigenvalue weighted by molar-refractivity contribution is 9.10. The zero-order valence-electron chi connectivity index (χ0n) is 9.69. The Bertz CT molecular complexity index is 480. The zero-order chi connectivity index (χ0) is 12.5. The van der Waals surface area contributed by atoms with Crippen molar-refractivity contribution in [3.8, 4) is 0 Å². The number of rotatable bonds is 4. The van der Waals surface area contributed by atoms with Crippen LogP contribution in [0.25, 0.3) is 0 Å².